The third kappa shape index (κ3) is 3.29. The van der Waals surface area contributed by atoms with Gasteiger partial charge in [0.1, 0.15) is 0 Å². The van der Waals surface area contributed by atoms with Crippen molar-refractivity contribution in [2.45, 2.75) is 13.0 Å². The summed E-state index contributed by atoms with van der Waals surface area (Å²) in [4.78, 5) is 15.0. The third-order valence-electron chi connectivity index (χ3n) is 3.06. The number of hydrogen-bond donors (Lipinski definition) is 1. The fourth-order valence-corrected chi connectivity index (χ4v) is 2.05. The highest BCUT2D eigenvalue weighted by molar-refractivity contribution is 5.85. The lowest BCUT2D eigenvalue weighted by Gasteiger charge is -2.25. The van der Waals surface area contributed by atoms with Gasteiger partial charge < -0.3 is 15.4 Å². The number of ether oxygens (including phenoxy) is 1. The zero-order valence-corrected chi connectivity index (χ0v) is 12.5. The summed E-state index contributed by atoms with van der Waals surface area (Å²) >= 11 is 0. The largest absolute Gasteiger partial charge is 0.378 e. The number of hydrogen-bond acceptors (Lipinski definition) is 7. The minimum Gasteiger partial charge on any atom is -0.378 e. The molecule has 0 amide bonds. The topological polar surface area (TPSA) is 95.0 Å². The zero-order valence-electron chi connectivity index (χ0n) is 11.7. The number of halogens is 1. The van der Waals surface area contributed by atoms with E-state index in [1.54, 1.807) is 23.1 Å². The van der Waals surface area contributed by atoms with Gasteiger partial charge in [0.15, 0.2) is 5.82 Å². The van der Waals surface area contributed by atoms with Crippen LogP contribution in [0.25, 0.3) is 5.95 Å². The fraction of sp³-hybridized carbons (Fsp3) is 0.500. The first-order chi connectivity index (χ1) is 9.75. The Kier molecular flexibility index (Phi) is 5.05. The Morgan fingerprint density at radius 1 is 1.19 bits per heavy atom. The van der Waals surface area contributed by atoms with Crippen LogP contribution >= 0.6 is 12.4 Å². The molecular weight excluding hydrogens is 294 g/mol. The number of morpholine rings is 1. The second-order valence-electron chi connectivity index (χ2n) is 4.62. The van der Waals surface area contributed by atoms with Crippen molar-refractivity contribution >= 4 is 18.4 Å². The van der Waals surface area contributed by atoms with Gasteiger partial charge in [0, 0.05) is 25.5 Å². The van der Waals surface area contributed by atoms with Crippen LogP contribution in [0.2, 0.25) is 0 Å². The minimum absolute atomic E-state index is 0. The second kappa shape index (κ2) is 6.79. The minimum atomic E-state index is -0.249. The van der Waals surface area contributed by atoms with E-state index in [9.17, 15) is 0 Å². The Labute approximate surface area is 128 Å². The molecule has 21 heavy (non-hydrogen) atoms. The first-order valence-corrected chi connectivity index (χ1v) is 6.58. The molecule has 1 aliphatic rings. The molecule has 2 N–H and O–H groups in total. The van der Waals surface area contributed by atoms with Crippen LogP contribution in [0.3, 0.4) is 0 Å². The lowest BCUT2D eigenvalue weighted by molar-refractivity contribution is 0.122. The summed E-state index contributed by atoms with van der Waals surface area (Å²) in [5, 5.41) is 4.50. The second-order valence-corrected chi connectivity index (χ2v) is 4.62. The first kappa shape index (κ1) is 15.6. The van der Waals surface area contributed by atoms with Gasteiger partial charge in [0.05, 0.1) is 19.3 Å². The molecule has 8 nitrogen and oxygen atoms in total. The highest BCUT2D eigenvalue weighted by Crippen LogP contribution is 2.17. The Balaban J connectivity index is 0.00000161. The molecule has 3 rings (SSSR count). The van der Waals surface area contributed by atoms with E-state index in [1.807, 2.05) is 6.92 Å². The Bertz CT molecular complexity index is 568. The molecule has 2 aromatic rings. The van der Waals surface area contributed by atoms with Crippen LogP contribution < -0.4 is 10.6 Å². The van der Waals surface area contributed by atoms with Gasteiger partial charge in [-0.1, -0.05) is 0 Å². The standard InChI is InChI=1S/C12H17N7O.ClH/c1-9(13)10-16-12(18-5-7-20-8-6-18)17-19(10)11-14-3-2-4-15-11;/h2-4,9H,5-8,13H2,1H3;1H. The van der Waals surface area contributed by atoms with Gasteiger partial charge >= 0.3 is 0 Å². The maximum absolute atomic E-state index is 5.97. The molecule has 114 valence electrons. The normalized spacial score (nSPS) is 16.4. The van der Waals surface area contributed by atoms with E-state index in [0.29, 0.717) is 30.9 Å². The van der Waals surface area contributed by atoms with Gasteiger partial charge in [-0.3, -0.25) is 0 Å². The highest BCUT2D eigenvalue weighted by atomic mass is 35.5. The first-order valence-electron chi connectivity index (χ1n) is 6.58. The van der Waals surface area contributed by atoms with Gasteiger partial charge in [-0.25, -0.2) is 9.97 Å². The number of nitrogens with two attached hydrogens (primary N) is 1. The van der Waals surface area contributed by atoms with Gasteiger partial charge in [0.25, 0.3) is 5.95 Å². The van der Waals surface area contributed by atoms with Crippen LogP contribution in [-0.4, -0.2) is 51.0 Å². The molecule has 0 aromatic carbocycles. The predicted molar refractivity (Wildman–Crippen MR) is 79.8 cm³/mol. The molecule has 1 atom stereocenters. The van der Waals surface area contributed by atoms with Gasteiger partial charge in [-0.05, 0) is 13.0 Å². The number of aromatic nitrogens is 5. The summed E-state index contributed by atoms with van der Waals surface area (Å²) in [6.07, 6.45) is 3.34. The SMILES string of the molecule is CC(N)c1nc(N2CCOCC2)nn1-c1ncccn1.Cl. The van der Waals surface area contributed by atoms with Crippen LogP contribution in [0.15, 0.2) is 18.5 Å². The third-order valence-corrected chi connectivity index (χ3v) is 3.06. The lowest BCUT2D eigenvalue weighted by Crippen LogP contribution is -2.37. The maximum atomic E-state index is 5.97. The molecule has 0 bridgehead atoms. The average molecular weight is 312 g/mol. The molecule has 9 heteroatoms. The van der Waals surface area contributed by atoms with Crippen LogP contribution in [-0.2, 0) is 4.74 Å². The summed E-state index contributed by atoms with van der Waals surface area (Å²) in [6, 6.07) is 1.51. The highest BCUT2D eigenvalue weighted by Gasteiger charge is 2.21. The predicted octanol–water partition coefficient (Wildman–Crippen LogP) is 0.335. The Morgan fingerprint density at radius 2 is 1.86 bits per heavy atom. The van der Waals surface area contributed by atoms with E-state index < -0.39 is 0 Å². The molecule has 1 fully saturated rings. The van der Waals surface area contributed by atoms with Crippen molar-refractivity contribution in [3.8, 4) is 5.95 Å². The van der Waals surface area contributed by atoms with Crippen molar-refractivity contribution in [1.82, 2.24) is 24.7 Å². The number of nitrogens with zero attached hydrogens (tertiary/aromatic N) is 6. The molecular formula is C12H18ClN7O. The summed E-state index contributed by atoms with van der Waals surface area (Å²) in [5.74, 6) is 1.78. The summed E-state index contributed by atoms with van der Waals surface area (Å²) < 4.78 is 6.94. The smallest absolute Gasteiger partial charge is 0.252 e. The van der Waals surface area contributed by atoms with Crippen LogP contribution in [0, 0.1) is 0 Å². The van der Waals surface area contributed by atoms with E-state index in [0.717, 1.165) is 13.1 Å². The van der Waals surface area contributed by atoms with E-state index >= 15 is 0 Å². The molecule has 1 unspecified atom stereocenters. The number of rotatable bonds is 3. The zero-order chi connectivity index (χ0) is 13.9. The summed E-state index contributed by atoms with van der Waals surface area (Å²) in [6.45, 7) is 4.79. The van der Waals surface area contributed by atoms with E-state index in [1.165, 1.54) is 0 Å². The molecule has 2 aromatic heterocycles. The molecule has 1 saturated heterocycles. The van der Waals surface area contributed by atoms with Crippen LogP contribution in [0.1, 0.15) is 18.8 Å². The average Bonchev–Trinajstić information content (AvgIpc) is 2.94. The van der Waals surface area contributed by atoms with E-state index in [-0.39, 0.29) is 18.4 Å². The molecule has 1 aliphatic heterocycles. The molecule has 3 heterocycles. The monoisotopic (exact) mass is 311 g/mol. The van der Waals surface area contributed by atoms with E-state index in [4.69, 9.17) is 10.5 Å². The summed E-state index contributed by atoms with van der Waals surface area (Å²) in [5.41, 5.74) is 5.97. The van der Waals surface area contributed by atoms with Crippen LogP contribution in [0.4, 0.5) is 5.95 Å². The van der Waals surface area contributed by atoms with Gasteiger partial charge in [-0.15, -0.1) is 17.5 Å². The Hall–Kier alpha value is -1.77. The fourth-order valence-electron chi connectivity index (χ4n) is 2.05. The maximum Gasteiger partial charge on any atom is 0.252 e. The van der Waals surface area contributed by atoms with Crippen molar-refractivity contribution in [2.75, 3.05) is 31.2 Å². The van der Waals surface area contributed by atoms with Crippen molar-refractivity contribution in [3.63, 3.8) is 0 Å². The van der Waals surface area contributed by atoms with Crippen molar-refractivity contribution < 1.29 is 4.74 Å². The lowest BCUT2D eigenvalue weighted by atomic mass is 10.3. The Morgan fingerprint density at radius 3 is 2.48 bits per heavy atom. The molecule has 0 spiro atoms. The molecule has 0 aliphatic carbocycles. The van der Waals surface area contributed by atoms with Gasteiger partial charge in [-0.2, -0.15) is 9.67 Å². The van der Waals surface area contributed by atoms with Crippen LogP contribution in [0.5, 0.6) is 0 Å². The van der Waals surface area contributed by atoms with Crippen molar-refractivity contribution in [2.24, 2.45) is 5.73 Å². The van der Waals surface area contributed by atoms with Crippen molar-refractivity contribution in [1.29, 1.82) is 0 Å². The van der Waals surface area contributed by atoms with Gasteiger partial charge in [0.2, 0.25) is 5.95 Å². The van der Waals surface area contributed by atoms with E-state index in [2.05, 4.69) is 25.0 Å². The molecule has 0 saturated carbocycles. The van der Waals surface area contributed by atoms with Crippen molar-refractivity contribution in [3.05, 3.63) is 24.3 Å². The molecule has 0 radical (unpaired) electrons. The summed E-state index contributed by atoms with van der Waals surface area (Å²) in [7, 11) is 0. The quantitative estimate of drug-likeness (QED) is 0.873. The number of anilines is 1.